The number of carbonyl (C=O) groups excluding carboxylic acids is 1. The molecule has 0 fully saturated rings. The molecule has 5 nitrogen and oxygen atoms in total. The normalized spacial score (nSPS) is 10.2. The summed E-state index contributed by atoms with van der Waals surface area (Å²) in [5.74, 6) is 0.400. The minimum absolute atomic E-state index is 0.235. The van der Waals surface area contributed by atoms with Crippen molar-refractivity contribution >= 4 is 17.3 Å². The third-order valence-electron chi connectivity index (χ3n) is 2.28. The number of nitrogens with zero attached hydrogens (tertiary/aromatic N) is 1. The molecule has 88 valence electrons. The number of hydrogen-bond acceptors (Lipinski definition) is 4. The van der Waals surface area contributed by atoms with Crippen LogP contribution in [0.3, 0.4) is 0 Å². The highest BCUT2D eigenvalue weighted by Gasteiger charge is 2.15. The van der Waals surface area contributed by atoms with Crippen LogP contribution in [0.2, 0.25) is 0 Å². The number of aromatic nitrogens is 1. The SMILES string of the molecule is Cc1nc(C)c(C(=O)Nc2ccc(N)cc2)o1. The molecule has 0 radical (unpaired) electrons. The number of hydrogen-bond donors (Lipinski definition) is 2. The van der Waals surface area contributed by atoms with E-state index in [9.17, 15) is 4.79 Å². The van der Waals surface area contributed by atoms with Crippen LogP contribution in [0.15, 0.2) is 28.7 Å². The van der Waals surface area contributed by atoms with Crippen LogP contribution < -0.4 is 11.1 Å². The van der Waals surface area contributed by atoms with E-state index in [4.69, 9.17) is 10.2 Å². The van der Waals surface area contributed by atoms with E-state index in [-0.39, 0.29) is 11.7 Å². The smallest absolute Gasteiger partial charge is 0.293 e. The van der Waals surface area contributed by atoms with Gasteiger partial charge in [0, 0.05) is 18.3 Å². The third-order valence-corrected chi connectivity index (χ3v) is 2.28. The Hall–Kier alpha value is -2.30. The summed E-state index contributed by atoms with van der Waals surface area (Å²) >= 11 is 0. The number of nitrogens with two attached hydrogens (primary N) is 1. The average Bonchev–Trinajstić information content (AvgIpc) is 2.61. The largest absolute Gasteiger partial charge is 0.436 e. The van der Waals surface area contributed by atoms with Crippen molar-refractivity contribution in [1.82, 2.24) is 4.98 Å². The standard InChI is InChI=1S/C12H13N3O2/c1-7-11(17-8(2)14-7)12(16)15-10-5-3-9(13)4-6-10/h3-6H,13H2,1-2H3,(H,15,16). The van der Waals surface area contributed by atoms with Crippen molar-refractivity contribution in [1.29, 1.82) is 0 Å². The molecule has 0 aliphatic carbocycles. The molecule has 1 aromatic carbocycles. The lowest BCUT2D eigenvalue weighted by molar-refractivity contribution is 0.0994. The molecule has 0 bridgehead atoms. The number of oxazole rings is 1. The molecule has 2 aromatic rings. The predicted molar refractivity (Wildman–Crippen MR) is 64.8 cm³/mol. The summed E-state index contributed by atoms with van der Waals surface area (Å²) in [4.78, 5) is 15.9. The van der Waals surface area contributed by atoms with Gasteiger partial charge < -0.3 is 15.5 Å². The molecule has 0 spiro atoms. The van der Waals surface area contributed by atoms with Crippen LogP contribution in [0.4, 0.5) is 11.4 Å². The summed E-state index contributed by atoms with van der Waals surface area (Å²) in [6.07, 6.45) is 0. The summed E-state index contributed by atoms with van der Waals surface area (Å²) in [5, 5.41) is 2.71. The summed E-state index contributed by atoms with van der Waals surface area (Å²) in [7, 11) is 0. The first-order valence-electron chi connectivity index (χ1n) is 5.17. The Morgan fingerprint density at radius 3 is 2.47 bits per heavy atom. The van der Waals surface area contributed by atoms with Crippen molar-refractivity contribution in [2.75, 3.05) is 11.1 Å². The lowest BCUT2D eigenvalue weighted by atomic mass is 10.2. The Kier molecular flexibility index (Phi) is 2.82. The summed E-state index contributed by atoms with van der Waals surface area (Å²) in [6, 6.07) is 6.89. The van der Waals surface area contributed by atoms with Gasteiger partial charge in [-0.25, -0.2) is 4.98 Å². The Labute approximate surface area is 98.6 Å². The highest BCUT2D eigenvalue weighted by molar-refractivity contribution is 6.02. The van der Waals surface area contributed by atoms with Crippen LogP contribution in [0.25, 0.3) is 0 Å². The van der Waals surface area contributed by atoms with Gasteiger partial charge in [0.1, 0.15) is 0 Å². The lowest BCUT2D eigenvalue weighted by Crippen LogP contribution is -2.12. The van der Waals surface area contributed by atoms with E-state index in [2.05, 4.69) is 10.3 Å². The second kappa shape index (κ2) is 4.29. The molecule has 2 rings (SSSR count). The summed E-state index contributed by atoms with van der Waals surface area (Å²) < 4.78 is 5.22. The Morgan fingerprint density at radius 1 is 1.29 bits per heavy atom. The lowest BCUT2D eigenvalue weighted by Gasteiger charge is -2.03. The van der Waals surface area contributed by atoms with Crippen molar-refractivity contribution in [2.45, 2.75) is 13.8 Å². The average molecular weight is 231 g/mol. The number of benzene rings is 1. The van der Waals surface area contributed by atoms with Crippen molar-refractivity contribution in [3.05, 3.63) is 41.6 Å². The number of nitrogen functional groups attached to an aromatic ring is 1. The van der Waals surface area contributed by atoms with Gasteiger partial charge in [-0.1, -0.05) is 0 Å². The second-order valence-electron chi connectivity index (χ2n) is 3.72. The maximum atomic E-state index is 11.9. The maximum Gasteiger partial charge on any atom is 0.293 e. The van der Waals surface area contributed by atoms with Gasteiger partial charge in [-0.15, -0.1) is 0 Å². The van der Waals surface area contributed by atoms with Gasteiger partial charge in [-0.2, -0.15) is 0 Å². The molecule has 1 amide bonds. The van der Waals surface area contributed by atoms with Crippen LogP contribution in [-0.4, -0.2) is 10.9 Å². The second-order valence-corrected chi connectivity index (χ2v) is 3.72. The molecule has 17 heavy (non-hydrogen) atoms. The quantitative estimate of drug-likeness (QED) is 0.776. The van der Waals surface area contributed by atoms with Crippen LogP contribution in [-0.2, 0) is 0 Å². The Bertz CT molecular complexity index is 543. The fourth-order valence-corrected chi connectivity index (χ4v) is 1.50. The highest BCUT2D eigenvalue weighted by atomic mass is 16.4. The fourth-order valence-electron chi connectivity index (χ4n) is 1.50. The van der Waals surface area contributed by atoms with Gasteiger partial charge in [0.2, 0.25) is 5.76 Å². The zero-order chi connectivity index (χ0) is 12.4. The summed E-state index contributed by atoms with van der Waals surface area (Å²) in [5.41, 5.74) is 7.45. The van der Waals surface area contributed by atoms with Gasteiger partial charge in [-0.3, -0.25) is 4.79 Å². The molecular formula is C12H13N3O2. The van der Waals surface area contributed by atoms with Gasteiger partial charge >= 0.3 is 0 Å². The molecular weight excluding hydrogens is 218 g/mol. The fraction of sp³-hybridized carbons (Fsp3) is 0.167. The number of nitrogens with one attached hydrogen (secondary N) is 1. The van der Waals surface area contributed by atoms with Gasteiger partial charge in [0.05, 0.1) is 5.69 Å². The molecule has 5 heteroatoms. The number of anilines is 2. The summed E-state index contributed by atoms with van der Waals surface area (Å²) in [6.45, 7) is 3.43. The topological polar surface area (TPSA) is 81.2 Å². The zero-order valence-electron chi connectivity index (χ0n) is 9.65. The van der Waals surface area contributed by atoms with Crippen molar-refractivity contribution in [2.24, 2.45) is 0 Å². The highest BCUT2D eigenvalue weighted by Crippen LogP contribution is 2.14. The molecule has 1 heterocycles. The third kappa shape index (κ3) is 2.44. The number of aryl methyl sites for hydroxylation is 2. The van der Waals surface area contributed by atoms with E-state index in [0.717, 1.165) is 0 Å². The van der Waals surface area contributed by atoms with Crippen LogP contribution in [0.1, 0.15) is 22.1 Å². The molecule has 0 saturated heterocycles. The first kappa shape index (κ1) is 11.2. The van der Waals surface area contributed by atoms with E-state index in [0.29, 0.717) is 23.0 Å². The van der Waals surface area contributed by atoms with E-state index >= 15 is 0 Å². The predicted octanol–water partition coefficient (Wildman–Crippen LogP) is 2.13. The van der Waals surface area contributed by atoms with Gasteiger partial charge in [-0.05, 0) is 31.2 Å². The molecule has 0 atom stereocenters. The van der Waals surface area contributed by atoms with Crippen molar-refractivity contribution < 1.29 is 9.21 Å². The number of amides is 1. The van der Waals surface area contributed by atoms with E-state index in [1.54, 1.807) is 38.1 Å². The van der Waals surface area contributed by atoms with E-state index < -0.39 is 0 Å². The van der Waals surface area contributed by atoms with Gasteiger partial charge in [0.25, 0.3) is 5.91 Å². The van der Waals surface area contributed by atoms with E-state index in [1.165, 1.54) is 0 Å². The minimum Gasteiger partial charge on any atom is -0.436 e. The van der Waals surface area contributed by atoms with E-state index in [1.807, 2.05) is 0 Å². The number of rotatable bonds is 2. The maximum absolute atomic E-state index is 11.9. The first-order valence-corrected chi connectivity index (χ1v) is 5.17. The molecule has 0 aliphatic rings. The van der Waals surface area contributed by atoms with Gasteiger partial charge in [0.15, 0.2) is 5.89 Å². The van der Waals surface area contributed by atoms with Crippen molar-refractivity contribution in [3.63, 3.8) is 0 Å². The zero-order valence-corrected chi connectivity index (χ0v) is 9.65. The Balaban J connectivity index is 2.17. The molecule has 0 saturated carbocycles. The minimum atomic E-state index is -0.312. The van der Waals surface area contributed by atoms with Crippen LogP contribution in [0.5, 0.6) is 0 Å². The monoisotopic (exact) mass is 231 g/mol. The molecule has 1 aromatic heterocycles. The Morgan fingerprint density at radius 2 is 1.94 bits per heavy atom. The van der Waals surface area contributed by atoms with Crippen LogP contribution >= 0.6 is 0 Å². The first-order chi connectivity index (χ1) is 8.06. The molecule has 0 unspecified atom stereocenters. The molecule has 0 aliphatic heterocycles. The van der Waals surface area contributed by atoms with Crippen molar-refractivity contribution in [3.8, 4) is 0 Å². The van der Waals surface area contributed by atoms with Crippen LogP contribution in [0, 0.1) is 13.8 Å². The molecule has 3 N–H and O–H groups in total. The number of carbonyl (C=O) groups is 1.